The van der Waals surface area contributed by atoms with Crippen molar-refractivity contribution in [2.45, 2.75) is 0 Å². The van der Waals surface area contributed by atoms with Crippen molar-refractivity contribution in [3.05, 3.63) is 33.6 Å². The minimum atomic E-state index is -0.345. The van der Waals surface area contributed by atoms with Gasteiger partial charge in [0.2, 0.25) is 0 Å². The van der Waals surface area contributed by atoms with E-state index in [1.165, 1.54) is 7.11 Å². The van der Waals surface area contributed by atoms with Crippen LogP contribution in [0.3, 0.4) is 0 Å². The fourth-order valence-corrected chi connectivity index (χ4v) is 1.34. The largest absolute Gasteiger partial charge is 0.477 e. The minimum absolute atomic E-state index is 0.0415. The first-order chi connectivity index (χ1) is 6.70. The molecule has 0 atom stereocenters. The van der Waals surface area contributed by atoms with E-state index < -0.39 is 0 Å². The van der Waals surface area contributed by atoms with Gasteiger partial charge >= 0.3 is 5.56 Å². The number of ether oxygens (including phenoxy) is 1. The fraction of sp³-hybridized carbons (Fsp3) is 0.111. The predicted molar refractivity (Wildman–Crippen MR) is 53.9 cm³/mol. The Labute approximate surface area is 84.5 Å². The summed E-state index contributed by atoms with van der Waals surface area (Å²) in [6.07, 6.45) is 0. The Morgan fingerprint density at radius 2 is 2.29 bits per heavy atom. The summed E-state index contributed by atoms with van der Waals surface area (Å²) in [7, 11) is 1.40. The third-order valence-corrected chi connectivity index (χ3v) is 2.05. The smallest absolute Gasteiger partial charge is 0.311 e. The standard InChI is InChI=1S/C9H7ClN2O2/c1-14-9-8(13)11-6-3-2-5(10)4-7(6)12-9/h2-4H,1H3,(H,11,13). The molecule has 0 saturated heterocycles. The number of benzene rings is 1. The van der Waals surface area contributed by atoms with Gasteiger partial charge in [0.15, 0.2) is 0 Å². The lowest BCUT2D eigenvalue weighted by molar-refractivity contribution is 0.393. The van der Waals surface area contributed by atoms with Gasteiger partial charge < -0.3 is 9.72 Å². The van der Waals surface area contributed by atoms with Gasteiger partial charge in [-0.1, -0.05) is 11.6 Å². The van der Waals surface area contributed by atoms with Gasteiger partial charge in [-0.3, -0.25) is 4.79 Å². The van der Waals surface area contributed by atoms with Crippen LogP contribution in [0.15, 0.2) is 23.0 Å². The molecule has 0 bridgehead atoms. The number of hydrogen-bond donors (Lipinski definition) is 1. The van der Waals surface area contributed by atoms with E-state index in [-0.39, 0.29) is 11.4 Å². The molecule has 0 aliphatic heterocycles. The molecule has 2 aromatic rings. The normalized spacial score (nSPS) is 10.4. The minimum Gasteiger partial charge on any atom is -0.477 e. The molecule has 0 fully saturated rings. The SMILES string of the molecule is COc1nc2cc(Cl)ccc2[nH]c1=O. The Hall–Kier alpha value is -1.55. The van der Waals surface area contributed by atoms with Crippen molar-refractivity contribution in [3.63, 3.8) is 0 Å². The molecule has 0 aliphatic rings. The third kappa shape index (κ3) is 1.44. The summed E-state index contributed by atoms with van der Waals surface area (Å²) in [5.41, 5.74) is 0.900. The number of aromatic nitrogens is 2. The van der Waals surface area contributed by atoms with Crippen LogP contribution in [0.5, 0.6) is 5.88 Å². The Kier molecular flexibility index (Phi) is 2.13. The monoisotopic (exact) mass is 210 g/mol. The first kappa shape index (κ1) is 9.02. The lowest BCUT2D eigenvalue weighted by Gasteiger charge is -2.00. The molecule has 0 unspecified atom stereocenters. The number of hydrogen-bond acceptors (Lipinski definition) is 3. The lowest BCUT2D eigenvalue weighted by atomic mass is 10.3. The molecule has 0 spiro atoms. The van der Waals surface area contributed by atoms with Gasteiger partial charge in [0.1, 0.15) is 0 Å². The van der Waals surface area contributed by atoms with Crippen LogP contribution >= 0.6 is 11.6 Å². The molecule has 2 rings (SSSR count). The van der Waals surface area contributed by atoms with Gasteiger partial charge in [-0.2, -0.15) is 0 Å². The lowest BCUT2D eigenvalue weighted by Crippen LogP contribution is -2.11. The molecule has 1 aromatic heterocycles. The van der Waals surface area contributed by atoms with Gasteiger partial charge in [-0.05, 0) is 18.2 Å². The Balaban J connectivity index is 2.80. The van der Waals surface area contributed by atoms with Crippen molar-refractivity contribution in [1.29, 1.82) is 0 Å². The summed E-state index contributed by atoms with van der Waals surface area (Å²) in [6.45, 7) is 0. The highest BCUT2D eigenvalue weighted by molar-refractivity contribution is 6.31. The van der Waals surface area contributed by atoms with Gasteiger partial charge in [-0.15, -0.1) is 0 Å². The van der Waals surface area contributed by atoms with E-state index in [9.17, 15) is 4.79 Å². The van der Waals surface area contributed by atoms with Gasteiger partial charge in [-0.25, -0.2) is 4.98 Å². The third-order valence-electron chi connectivity index (χ3n) is 1.82. The van der Waals surface area contributed by atoms with Crippen molar-refractivity contribution >= 4 is 22.6 Å². The van der Waals surface area contributed by atoms with Crippen molar-refractivity contribution in [2.24, 2.45) is 0 Å². The molecule has 4 nitrogen and oxygen atoms in total. The molecule has 1 aromatic carbocycles. The second-order valence-corrected chi connectivity index (χ2v) is 3.17. The highest BCUT2D eigenvalue weighted by Crippen LogP contribution is 2.15. The van der Waals surface area contributed by atoms with E-state index in [0.29, 0.717) is 16.1 Å². The van der Waals surface area contributed by atoms with Crippen molar-refractivity contribution in [3.8, 4) is 5.88 Å². The molecule has 0 radical (unpaired) electrons. The molecular weight excluding hydrogens is 204 g/mol. The number of methoxy groups -OCH3 is 1. The topological polar surface area (TPSA) is 55.0 Å². The van der Waals surface area contributed by atoms with Gasteiger partial charge in [0.25, 0.3) is 5.88 Å². The highest BCUT2D eigenvalue weighted by atomic mass is 35.5. The second kappa shape index (κ2) is 3.31. The molecule has 0 amide bonds. The molecule has 14 heavy (non-hydrogen) atoms. The van der Waals surface area contributed by atoms with Gasteiger partial charge in [0, 0.05) is 5.02 Å². The van der Waals surface area contributed by atoms with E-state index in [1.807, 2.05) is 0 Å². The van der Waals surface area contributed by atoms with Crippen LogP contribution in [0.4, 0.5) is 0 Å². The first-order valence-corrected chi connectivity index (χ1v) is 4.32. The Morgan fingerprint density at radius 1 is 1.50 bits per heavy atom. The summed E-state index contributed by atoms with van der Waals surface area (Å²) < 4.78 is 4.79. The predicted octanol–water partition coefficient (Wildman–Crippen LogP) is 1.59. The Bertz CT molecular complexity index is 536. The molecule has 1 heterocycles. The van der Waals surface area contributed by atoms with Crippen LogP contribution in [0.2, 0.25) is 5.02 Å². The number of fused-ring (bicyclic) bond motifs is 1. The second-order valence-electron chi connectivity index (χ2n) is 2.74. The number of halogens is 1. The molecule has 1 N–H and O–H groups in total. The fourth-order valence-electron chi connectivity index (χ4n) is 1.18. The van der Waals surface area contributed by atoms with E-state index in [0.717, 1.165) is 0 Å². The van der Waals surface area contributed by atoms with Crippen molar-refractivity contribution in [1.82, 2.24) is 9.97 Å². The van der Waals surface area contributed by atoms with Crippen molar-refractivity contribution in [2.75, 3.05) is 7.11 Å². The summed E-state index contributed by atoms with van der Waals surface area (Å²) in [5, 5.41) is 0.569. The van der Waals surface area contributed by atoms with E-state index in [2.05, 4.69) is 9.97 Å². The average molecular weight is 211 g/mol. The highest BCUT2D eigenvalue weighted by Gasteiger charge is 2.03. The maximum absolute atomic E-state index is 11.3. The number of H-pyrrole nitrogens is 1. The van der Waals surface area contributed by atoms with Crippen molar-refractivity contribution < 1.29 is 4.74 Å². The number of rotatable bonds is 1. The molecule has 72 valence electrons. The van der Waals surface area contributed by atoms with Crippen LogP contribution in [-0.4, -0.2) is 17.1 Å². The maximum Gasteiger partial charge on any atom is 0.311 e. The molecule has 5 heteroatoms. The molecule has 0 aliphatic carbocycles. The summed E-state index contributed by atoms with van der Waals surface area (Å²) in [5.74, 6) is 0.0415. The maximum atomic E-state index is 11.3. The van der Waals surface area contributed by atoms with Crippen LogP contribution in [-0.2, 0) is 0 Å². The Morgan fingerprint density at radius 3 is 3.00 bits per heavy atom. The number of nitrogens with one attached hydrogen (secondary N) is 1. The zero-order chi connectivity index (χ0) is 10.1. The number of nitrogens with zero attached hydrogens (tertiary/aromatic N) is 1. The van der Waals surface area contributed by atoms with Crippen LogP contribution in [0.25, 0.3) is 11.0 Å². The van der Waals surface area contributed by atoms with E-state index in [4.69, 9.17) is 16.3 Å². The first-order valence-electron chi connectivity index (χ1n) is 3.94. The average Bonchev–Trinajstić information content (AvgIpc) is 2.17. The summed E-state index contributed by atoms with van der Waals surface area (Å²) in [4.78, 5) is 17.9. The molecular formula is C9H7ClN2O2. The van der Waals surface area contributed by atoms with Crippen LogP contribution < -0.4 is 10.3 Å². The number of aromatic amines is 1. The van der Waals surface area contributed by atoms with Gasteiger partial charge in [0.05, 0.1) is 18.1 Å². The molecule has 0 saturated carbocycles. The van der Waals surface area contributed by atoms with Crippen LogP contribution in [0, 0.1) is 0 Å². The summed E-state index contributed by atoms with van der Waals surface area (Å²) >= 11 is 5.78. The van der Waals surface area contributed by atoms with E-state index >= 15 is 0 Å². The summed E-state index contributed by atoms with van der Waals surface area (Å²) in [6, 6.07) is 5.05. The van der Waals surface area contributed by atoms with Crippen LogP contribution in [0.1, 0.15) is 0 Å². The zero-order valence-electron chi connectivity index (χ0n) is 7.37. The quantitative estimate of drug-likeness (QED) is 0.778. The zero-order valence-corrected chi connectivity index (χ0v) is 8.13. The van der Waals surface area contributed by atoms with E-state index in [1.54, 1.807) is 18.2 Å².